The third-order valence-corrected chi connectivity index (χ3v) is 5.36. The molecule has 0 spiro atoms. The Bertz CT molecular complexity index is 604. The lowest BCUT2D eigenvalue weighted by Gasteiger charge is -2.13. The van der Waals surface area contributed by atoms with Crippen LogP contribution < -0.4 is 14.2 Å². The number of methoxy groups -OCH3 is 2. The predicted molar refractivity (Wildman–Crippen MR) is 92.7 cm³/mol. The normalized spacial score (nSPS) is 11.7. The van der Waals surface area contributed by atoms with Crippen molar-refractivity contribution in [3.63, 3.8) is 0 Å². The molecule has 132 valence electrons. The standard InChI is InChI=1S/C15H24BrNO5S/c1-11(2)10-22-7-5-6-17-23(18,19)15-9-14(21-4)13(20-3)8-12(15)16/h8-9,11,17H,5-7,10H2,1-4H3. The fraction of sp³-hybridized carbons (Fsp3) is 0.600. The molecule has 0 fully saturated rings. The maximum atomic E-state index is 12.4. The van der Waals surface area contributed by atoms with Crippen LogP contribution in [0.5, 0.6) is 11.5 Å². The fourth-order valence-electron chi connectivity index (χ4n) is 1.82. The van der Waals surface area contributed by atoms with Gasteiger partial charge in [-0.15, -0.1) is 0 Å². The Hall–Kier alpha value is -0.830. The zero-order chi connectivity index (χ0) is 17.5. The molecule has 0 bridgehead atoms. The summed E-state index contributed by atoms with van der Waals surface area (Å²) in [4.78, 5) is 0.109. The monoisotopic (exact) mass is 409 g/mol. The van der Waals surface area contributed by atoms with Crippen LogP contribution in [0, 0.1) is 5.92 Å². The first-order valence-electron chi connectivity index (χ1n) is 7.30. The molecule has 1 aromatic carbocycles. The number of sulfonamides is 1. The zero-order valence-corrected chi connectivity index (χ0v) is 16.3. The van der Waals surface area contributed by atoms with Crippen LogP contribution in [0.2, 0.25) is 0 Å². The minimum absolute atomic E-state index is 0.109. The number of rotatable bonds is 10. The summed E-state index contributed by atoms with van der Waals surface area (Å²) >= 11 is 3.26. The average Bonchev–Trinajstić information content (AvgIpc) is 2.49. The number of ether oxygens (including phenoxy) is 3. The van der Waals surface area contributed by atoms with Crippen LogP contribution >= 0.6 is 15.9 Å². The van der Waals surface area contributed by atoms with Gasteiger partial charge in [-0.05, 0) is 34.3 Å². The molecule has 0 saturated heterocycles. The summed E-state index contributed by atoms with van der Waals surface area (Å²) < 4.78 is 43.5. The van der Waals surface area contributed by atoms with Gasteiger partial charge in [-0.2, -0.15) is 0 Å². The maximum absolute atomic E-state index is 12.4. The van der Waals surface area contributed by atoms with Crippen LogP contribution in [0.15, 0.2) is 21.5 Å². The molecule has 0 atom stereocenters. The molecule has 0 unspecified atom stereocenters. The number of benzene rings is 1. The smallest absolute Gasteiger partial charge is 0.241 e. The summed E-state index contributed by atoms with van der Waals surface area (Å²) in [5, 5.41) is 0. The second kappa shape index (κ2) is 9.46. The molecule has 0 radical (unpaired) electrons. The Morgan fingerprint density at radius 3 is 2.35 bits per heavy atom. The SMILES string of the molecule is COc1cc(Br)c(S(=O)(=O)NCCCOCC(C)C)cc1OC. The summed E-state index contributed by atoms with van der Waals surface area (Å²) in [5.74, 6) is 1.28. The van der Waals surface area contributed by atoms with E-state index < -0.39 is 10.0 Å². The number of halogens is 1. The van der Waals surface area contributed by atoms with Crippen molar-refractivity contribution < 1.29 is 22.6 Å². The van der Waals surface area contributed by atoms with Gasteiger partial charge in [-0.1, -0.05) is 13.8 Å². The Balaban J connectivity index is 2.69. The van der Waals surface area contributed by atoms with Crippen LogP contribution in [0.25, 0.3) is 0 Å². The van der Waals surface area contributed by atoms with Gasteiger partial charge in [-0.3, -0.25) is 0 Å². The molecule has 1 N–H and O–H groups in total. The summed E-state index contributed by atoms with van der Waals surface area (Å²) in [6, 6.07) is 3.00. The molecule has 1 rings (SSSR count). The Labute approximate surface area is 146 Å². The lowest BCUT2D eigenvalue weighted by Crippen LogP contribution is -2.26. The van der Waals surface area contributed by atoms with Gasteiger partial charge in [0.15, 0.2) is 11.5 Å². The number of nitrogens with one attached hydrogen (secondary N) is 1. The van der Waals surface area contributed by atoms with Crippen LogP contribution in [0.4, 0.5) is 0 Å². The molecule has 0 aliphatic rings. The zero-order valence-electron chi connectivity index (χ0n) is 13.9. The molecule has 1 aromatic rings. The quantitative estimate of drug-likeness (QED) is 0.601. The second-order valence-electron chi connectivity index (χ2n) is 5.36. The topological polar surface area (TPSA) is 73.9 Å². The molecule has 0 saturated carbocycles. The lowest BCUT2D eigenvalue weighted by atomic mass is 10.2. The van der Waals surface area contributed by atoms with Crippen LogP contribution in [0.1, 0.15) is 20.3 Å². The molecule has 0 amide bonds. The number of hydrogen-bond donors (Lipinski definition) is 1. The van der Waals surface area contributed by atoms with Crippen molar-refractivity contribution in [1.82, 2.24) is 4.72 Å². The fourth-order valence-corrected chi connectivity index (χ4v) is 3.93. The molecule has 6 nitrogen and oxygen atoms in total. The molecule has 0 aromatic heterocycles. The molecule has 0 aliphatic heterocycles. The summed E-state index contributed by atoms with van der Waals surface area (Å²) in [7, 11) is -0.686. The van der Waals surface area contributed by atoms with Crippen LogP contribution in [0.3, 0.4) is 0 Å². The Morgan fingerprint density at radius 1 is 1.17 bits per heavy atom. The Morgan fingerprint density at radius 2 is 1.78 bits per heavy atom. The van der Waals surface area contributed by atoms with Gasteiger partial charge in [0.1, 0.15) is 4.90 Å². The van der Waals surface area contributed by atoms with E-state index in [-0.39, 0.29) is 4.90 Å². The van der Waals surface area contributed by atoms with E-state index in [4.69, 9.17) is 14.2 Å². The second-order valence-corrected chi connectivity index (χ2v) is 7.95. The van der Waals surface area contributed by atoms with Gasteiger partial charge >= 0.3 is 0 Å². The lowest BCUT2D eigenvalue weighted by molar-refractivity contribution is 0.108. The Kier molecular flexibility index (Phi) is 8.32. The van der Waals surface area contributed by atoms with E-state index in [1.54, 1.807) is 6.07 Å². The van der Waals surface area contributed by atoms with Crippen LogP contribution in [-0.4, -0.2) is 42.4 Å². The summed E-state index contributed by atoms with van der Waals surface area (Å²) in [6.07, 6.45) is 0.608. The average molecular weight is 410 g/mol. The van der Waals surface area contributed by atoms with E-state index in [0.29, 0.717) is 48.1 Å². The van der Waals surface area contributed by atoms with Gasteiger partial charge in [0.05, 0.1) is 14.2 Å². The molecule has 0 heterocycles. The molecule has 8 heteroatoms. The van der Waals surface area contributed by atoms with Gasteiger partial charge in [0.25, 0.3) is 0 Å². The predicted octanol–water partition coefficient (Wildman–Crippen LogP) is 2.81. The third-order valence-electron chi connectivity index (χ3n) is 2.94. The number of hydrogen-bond acceptors (Lipinski definition) is 5. The van der Waals surface area contributed by atoms with Crippen molar-refractivity contribution in [2.75, 3.05) is 34.0 Å². The van der Waals surface area contributed by atoms with Gasteiger partial charge in [-0.25, -0.2) is 13.1 Å². The molecular weight excluding hydrogens is 386 g/mol. The minimum atomic E-state index is -3.64. The first-order valence-corrected chi connectivity index (χ1v) is 9.58. The first kappa shape index (κ1) is 20.2. The van der Waals surface area contributed by atoms with Gasteiger partial charge in [0, 0.05) is 30.3 Å². The van der Waals surface area contributed by atoms with E-state index >= 15 is 0 Å². The van der Waals surface area contributed by atoms with Crippen molar-refractivity contribution in [3.8, 4) is 11.5 Å². The molecule has 0 aliphatic carbocycles. The van der Waals surface area contributed by atoms with Crippen molar-refractivity contribution in [3.05, 3.63) is 16.6 Å². The van der Waals surface area contributed by atoms with E-state index in [0.717, 1.165) is 0 Å². The van der Waals surface area contributed by atoms with Crippen molar-refractivity contribution in [2.45, 2.75) is 25.2 Å². The van der Waals surface area contributed by atoms with Crippen molar-refractivity contribution in [2.24, 2.45) is 5.92 Å². The highest BCUT2D eigenvalue weighted by atomic mass is 79.9. The van der Waals surface area contributed by atoms with E-state index in [9.17, 15) is 8.42 Å². The van der Waals surface area contributed by atoms with Crippen LogP contribution in [-0.2, 0) is 14.8 Å². The summed E-state index contributed by atoms with van der Waals surface area (Å²) in [6.45, 7) is 5.64. The highest BCUT2D eigenvalue weighted by Crippen LogP contribution is 2.35. The van der Waals surface area contributed by atoms with Crippen molar-refractivity contribution >= 4 is 26.0 Å². The summed E-state index contributed by atoms with van der Waals surface area (Å²) in [5.41, 5.74) is 0. The van der Waals surface area contributed by atoms with Crippen molar-refractivity contribution in [1.29, 1.82) is 0 Å². The minimum Gasteiger partial charge on any atom is -0.493 e. The maximum Gasteiger partial charge on any atom is 0.241 e. The third kappa shape index (κ3) is 6.29. The highest BCUT2D eigenvalue weighted by Gasteiger charge is 2.20. The van der Waals surface area contributed by atoms with E-state index in [2.05, 4.69) is 34.5 Å². The molecule has 23 heavy (non-hydrogen) atoms. The largest absolute Gasteiger partial charge is 0.493 e. The van der Waals surface area contributed by atoms with Gasteiger partial charge < -0.3 is 14.2 Å². The molecular formula is C15H24BrNO5S. The highest BCUT2D eigenvalue weighted by molar-refractivity contribution is 9.10. The van der Waals surface area contributed by atoms with Gasteiger partial charge in [0.2, 0.25) is 10.0 Å². The van der Waals surface area contributed by atoms with E-state index in [1.807, 2.05) is 0 Å². The first-order chi connectivity index (χ1) is 10.8. The van der Waals surface area contributed by atoms with E-state index in [1.165, 1.54) is 20.3 Å².